The molecule has 0 N–H and O–H groups in total. The molecule has 3 nitrogen and oxygen atoms in total. The Labute approximate surface area is 148 Å². The van der Waals surface area contributed by atoms with E-state index in [1.807, 2.05) is 53.4 Å². The first-order valence-corrected chi connectivity index (χ1v) is 8.62. The summed E-state index contributed by atoms with van der Waals surface area (Å²) in [7, 11) is 0. The Balaban J connectivity index is 1.73. The van der Waals surface area contributed by atoms with Crippen molar-refractivity contribution in [2.24, 2.45) is 0 Å². The Hall–Kier alpha value is -2.81. The second kappa shape index (κ2) is 8.34. The number of amides is 1. The Morgan fingerprint density at radius 3 is 2.24 bits per heavy atom. The zero-order chi connectivity index (χ0) is 17.5. The van der Waals surface area contributed by atoms with E-state index in [4.69, 9.17) is 4.42 Å². The molecule has 0 aliphatic rings. The largest absolute Gasteiger partial charge is 0.469 e. The van der Waals surface area contributed by atoms with E-state index in [1.165, 1.54) is 5.56 Å². The average Bonchev–Trinajstić information content (AvgIpc) is 3.17. The average molecular weight is 333 g/mol. The summed E-state index contributed by atoms with van der Waals surface area (Å²) in [6.45, 7) is 2.95. The highest BCUT2D eigenvalue weighted by atomic mass is 16.3. The fourth-order valence-corrected chi connectivity index (χ4v) is 3.08. The summed E-state index contributed by atoms with van der Waals surface area (Å²) in [5.74, 6) is 1.18. The number of rotatable bonds is 7. The summed E-state index contributed by atoms with van der Waals surface area (Å²) in [5, 5.41) is 0. The van der Waals surface area contributed by atoms with Gasteiger partial charge in [0.05, 0.1) is 6.26 Å². The van der Waals surface area contributed by atoms with Gasteiger partial charge in [-0.1, -0.05) is 60.7 Å². The predicted molar refractivity (Wildman–Crippen MR) is 99.1 cm³/mol. The summed E-state index contributed by atoms with van der Waals surface area (Å²) < 4.78 is 5.66. The lowest BCUT2D eigenvalue weighted by atomic mass is 9.93. The highest BCUT2D eigenvalue weighted by molar-refractivity contribution is 5.73. The fourth-order valence-electron chi connectivity index (χ4n) is 3.08. The first kappa shape index (κ1) is 17.0. The molecule has 0 aliphatic carbocycles. The summed E-state index contributed by atoms with van der Waals surface area (Å²) in [4.78, 5) is 14.0. The summed E-state index contributed by atoms with van der Waals surface area (Å²) in [6.07, 6.45) is 2.53. The molecule has 0 aliphatic heterocycles. The van der Waals surface area contributed by atoms with Crippen LogP contribution in [0.3, 0.4) is 0 Å². The number of furan rings is 1. The lowest BCUT2D eigenvalue weighted by molar-refractivity contribution is -0.129. The zero-order valence-electron chi connectivity index (χ0n) is 14.5. The van der Waals surface area contributed by atoms with Gasteiger partial charge in [0.25, 0.3) is 0 Å². The molecule has 3 rings (SSSR count). The summed E-state index contributed by atoms with van der Waals surface area (Å²) in [6, 6.07) is 24.3. The van der Waals surface area contributed by atoms with Crippen LogP contribution in [0.15, 0.2) is 83.5 Å². The molecule has 0 fully saturated rings. The summed E-state index contributed by atoms with van der Waals surface area (Å²) >= 11 is 0. The van der Waals surface area contributed by atoms with Crippen LogP contribution in [0, 0.1) is 0 Å². The molecule has 0 spiro atoms. The molecule has 1 amide bonds. The standard InChI is InChI=1S/C22H23NO2/c1-18(24)23(17-19-9-4-2-5-10-19)15-14-21(22-13-8-16-25-22)20-11-6-3-7-12-20/h2-13,16,21H,14-15,17H2,1H3/t21-/m0/s1. The molecular formula is C22H23NO2. The first-order chi connectivity index (χ1) is 12.2. The second-order valence-electron chi connectivity index (χ2n) is 6.19. The number of carbonyl (C=O) groups is 1. The van der Waals surface area contributed by atoms with Crippen LogP contribution in [0.5, 0.6) is 0 Å². The van der Waals surface area contributed by atoms with Crippen molar-refractivity contribution in [1.29, 1.82) is 0 Å². The van der Waals surface area contributed by atoms with Crippen LogP contribution in [0.2, 0.25) is 0 Å². The van der Waals surface area contributed by atoms with Gasteiger partial charge in [-0.25, -0.2) is 0 Å². The monoisotopic (exact) mass is 333 g/mol. The molecule has 0 bridgehead atoms. The predicted octanol–water partition coefficient (Wildman–Crippen LogP) is 4.85. The van der Waals surface area contributed by atoms with Gasteiger partial charge in [0.15, 0.2) is 0 Å². The van der Waals surface area contributed by atoms with Crippen LogP contribution in [0.25, 0.3) is 0 Å². The van der Waals surface area contributed by atoms with Gasteiger partial charge < -0.3 is 9.32 Å². The van der Waals surface area contributed by atoms with E-state index in [0.717, 1.165) is 17.7 Å². The molecule has 1 heterocycles. The molecule has 128 valence electrons. The molecular weight excluding hydrogens is 310 g/mol. The molecule has 0 saturated heterocycles. The SMILES string of the molecule is CC(=O)N(CC[C@@H](c1ccccc1)c1ccco1)Cc1ccccc1. The van der Waals surface area contributed by atoms with Crippen molar-refractivity contribution >= 4 is 5.91 Å². The van der Waals surface area contributed by atoms with Gasteiger partial charge in [0.1, 0.15) is 5.76 Å². The third kappa shape index (κ3) is 4.60. The van der Waals surface area contributed by atoms with E-state index in [-0.39, 0.29) is 11.8 Å². The molecule has 3 aromatic rings. The fraction of sp³-hybridized carbons (Fsp3) is 0.227. The third-order valence-corrected chi connectivity index (χ3v) is 4.44. The van der Waals surface area contributed by atoms with Gasteiger partial charge in [0, 0.05) is 25.9 Å². The van der Waals surface area contributed by atoms with Gasteiger partial charge in [0.2, 0.25) is 5.91 Å². The molecule has 0 radical (unpaired) electrons. The maximum atomic E-state index is 12.1. The second-order valence-corrected chi connectivity index (χ2v) is 6.19. The van der Waals surface area contributed by atoms with Crippen LogP contribution in [0.4, 0.5) is 0 Å². The number of benzene rings is 2. The van der Waals surface area contributed by atoms with Gasteiger partial charge in [-0.3, -0.25) is 4.79 Å². The van der Waals surface area contributed by atoms with Crippen molar-refractivity contribution in [3.05, 3.63) is 95.9 Å². The Morgan fingerprint density at radius 1 is 0.960 bits per heavy atom. The van der Waals surface area contributed by atoms with Gasteiger partial charge in [-0.15, -0.1) is 0 Å². The van der Waals surface area contributed by atoms with E-state index >= 15 is 0 Å². The molecule has 1 aromatic heterocycles. The minimum atomic E-state index is 0.0927. The number of carbonyl (C=O) groups excluding carboxylic acids is 1. The van der Waals surface area contributed by atoms with Crippen LogP contribution < -0.4 is 0 Å². The minimum absolute atomic E-state index is 0.0927. The van der Waals surface area contributed by atoms with Gasteiger partial charge in [-0.2, -0.15) is 0 Å². The molecule has 3 heteroatoms. The van der Waals surface area contributed by atoms with E-state index in [0.29, 0.717) is 13.1 Å². The van der Waals surface area contributed by atoms with Gasteiger partial charge >= 0.3 is 0 Å². The molecule has 0 unspecified atom stereocenters. The topological polar surface area (TPSA) is 33.5 Å². The van der Waals surface area contributed by atoms with E-state index in [1.54, 1.807) is 13.2 Å². The van der Waals surface area contributed by atoms with E-state index < -0.39 is 0 Å². The normalized spacial score (nSPS) is 11.9. The van der Waals surface area contributed by atoms with Crippen molar-refractivity contribution in [3.63, 3.8) is 0 Å². The van der Waals surface area contributed by atoms with Crippen molar-refractivity contribution in [3.8, 4) is 0 Å². The van der Waals surface area contributed by atoms with Crippen molar-refractivity contribution in [2.75, 3.05) is 6.54 Å². The maximum absolute atomic E-state index is 12.1. The van der Waals surface area contributed by atoms with Crippen molar-refractivity contribution < 1.29 is 9.21 Å². The number of nitrogens with zero attached hydrogens (tertiary/aromatic N) is 1. The smallest absolute Gasteiger partial charge is 0.219 e. The molecule has 0 saturated carbocycles. The lowest BCUT2D eigenvalue weighted by Crippen LogP contribution is -2.30. The van der Waals surface area contributed by atoms with Crippen LogP contribution in [0.1, 0.15) is 36.1 Å². The van der Waals surface area contributed by atoms with Crippen molar-refractivity contribution in [2.45, 2.75) is 25.8 Å². The van der Waals surface area contributed by atoms with Crippen LogP contribution in [-0.2, 0) is 11.3 Å². The van der Waals surface area contributed by atoms with E-state index in [2.05, 4.69) is 24.3 Å². The van der Waals surface area contributed by atoms with Gasteiger partial charge in [-0.05, 0) is 29.7 Å². The maximum Gasteiger partial charge on any atom is 0.219 e. The Bertz CT molecular complexity index is 766. The minimum Gasteiger partial charge on any atom is -0.469 e. The zero-order valence-corrected chi connectivity index (χ0v) is 14.5. The van der Waals surface area contributed by atoms with E-state index in [9.17, 15) is 4.79 Å². The number of hydrogen-bond acceptors (Lipinski definition) is 2. The van der Waals surface area contributed by atoms with Crippen LogP contribution in [-0.4, -0.2) is 17.4 Å². The highest BCUT2D eigenvalue weighted by Crippen LogP contribution is 2.28. The summed E-state index contributed by atoms with van der Waals surface area (Å²) in [5.41, 5.74) is 2.35. The van der Waals surface area contributed by atoms with Crippen molar-refractivity contribution in [1.82, 2.24) is 4.90 Å². The molecule has 2 aromatic carbocycles. The molecule has 25 heavy (non-hydrogen) atoms. The molecule has 1 atom stereocenters. The Morgan fingerprint density at radius 2 is 1.64 bits per heavy atom. The number of hydrogen-bond donors (Lipinski definition) is 0. The Kier molecular flexibility index (Phi) is 5.68. The highest BCUT2D eigenvalue weighted by Gasteiger charge is 2.19. The first-order valence-electron chi connectivity index (χ1n) is 8.62. The lowest BCUT2D eigenvalue weighted by Gasteiger charge is -2.24. The van der Waals surface area contributed by atoms with Crippen LogP contribution >= 0.6 is 0 Å². The quantitative estimate of drug-likeness (QED) is 0.619. The third-order valence-electron chi connectivity index (χ3n) is 4.44.